The van der Waals surface area contributed by atoms with Crippen LogP contribution in [-0.4, -0.2) is 16.7 Å². The van der Waals surface area contributed by atoms with Gasteiger partial charge in [0.05, 0.1) is 6.21 Å². The summed E-state index contributed by atoms with van der Waals surface area (Å²) in [4.78, 5) is 12.4. The first-order chi connectivity index (χ1) is 13.3. The maximum absolute atomic E-state index is 12.4. The Balaban J connectivity index is 1.37. The minimum atomic E-state index is 0.104. The third-order valence-electron chi connectivity index (χ3n) is 6.46. The molecule has 3 aromatic rings. The van der Waals surface area contributed by atoms with E-state index in [4.69, 9.17) is 0 Å². The van der Waals surface area contributed by atoms with E-state index < -0.39 is 0 Å². The molecule has 2 aromatic carbocycles. The summed E-state index contributed by atoms with van der Waals surface area (Å²) in [6, 6.07) is 14.9. The number of carbonyl (C=O) groups is 1. The Morgan fingerprint density at radius 3 is 2.63 bits per heavy atom. The molecule has 27 heavy (non-hydrogen) atoms. The van der Waals surface area contributed by atoms with Crippen LogP contribution in [0.15, 0.2) is 47.6 Å². The van der Waals surface area contributed by atoms with Crippen molar-refractivity contribution in [1.82, 2.24) is 9.99 Å². The Morgan fingerprint density at radius 1 is 1.11 bits per heavy atom. The van der Waals surface area contributed by atoms with Crippen LogP contribution in [0.5, 0.6) is 0 Å². The molecule has 2 aliphatic carbocycles. The number of hydrazone groups is 1. The van der Waals surface area contributed by atoms with Gasteiger partial charge in [-0.05, 0) is 55.4 Å². The lowest BCUT2D eigenvalue weighted by Crippen LogP contribution is -2.20. The number of hydrogen-bond acceptors (Lipinski definition) is 2. The van der Waals surface area contributed by atoms with Gasteiger partial charge in [0.1, 0.15) is 0 Å². The summed E-state index contributed by atoms with van der Waals surface area (Å²) in [7, 11) is 0. The fourth-order valence-corrected chi connectivity index (χ4v) is 5.12. The fourth-order valence-electron chi connectivity index (χ4n) is 5.12. The summed E-state index contributed by atoms with van der Waals surface area (Å²) >= 11 is 0. The molecule has 2 fully saturated rings. The van der Waals surface area contributed by atoms with Gasteiger partial charge in [0.15, 0.2) is 0 Å². The van der Waals surface area contributed by atoms with Crippen molar-refractivity contribution in [2.24, 2.45) is 22.9 Å². The van der Waals surface area contributed by atoms with Gasteiger partial charge in [-0.25, -0.2) is 5.43 Å². The molecule has 0 aliphatic heterocycles. The van der Waals surface area contributed by atoms with E-state index in [0.717, 1.165) is 12.1 Å². The minimum absolute atomic E-state index is 0.104. The summed E-state index contributed by atoms with van der Waals surface area (Å²) in [6.07, 6.45) is 6.75. The fraction of sp³-hybridized carbons (Fsp3) is 0.391. The maximum atomic E-state index is 12.4. The number of aryl methyl sites for hydroxylation is 1. The number of nitrogens with one attached hydrogen (secondary N) is 1. The van der Waals surface area contributed by atoms with Gasteiger partial charge in [0, 0.05) is 34.3 Å². The number of carbonyl (C=O) groups excluding carboxylic acids is 1. The lowest BCUT2D eigenvalue weighted by molar-refractivity contribution is -0.122. The molecule has 2 atom stereocenters. The highest BCUT2D eigenvalue weighted by atomic mass is 16.2. The van der Waals surface area contributed by atoms with E-state index in [2.05, 4.69) is 64.5 Å². The largest absolute Gasteiger partial charge is 0.341 e. The van der Waals surface area contributed by atoms with Crippen molar-refractivity contribution >= 4 is 33.9 Å². The highest BCUT2D eigenvalue weighted by Crippen LogP contribution is 2.55. The number of fused-ring (bicyclic) bond motifs is 4. The molecule has 1 aromatic heterocycles. The quantitative estimate of drug-likeness (QED) is 0.533. The normalized spacial score (nSPS) is 24.4. The van der Waals surface area contributed by atoms with Gasteiger partial charge in [0.2, 0.25) is 5.91 Å². The Hall–Kier alpha value is -2.62. The minimum Gasteiger partial charge on any atom is -0.341 e. The second-order valence-electron chi connectivity index (χ2n) is 7.91. The first-order valence-corrected chi connectivity index (χ1v) is 10.1. The van der Waals surface area contributed by atoms with Gasteiger partial charge in [-0.3, -0.25) is 4.79 Å². The van der Waals surface area contributed by atoms with Gasteiger partial charge in [-0.2, -0.15) is 5.10 Å². The molecule has 1 amide bonds. The molecule has 1 N–H and O–H groups in total. The summed E-state index contributed by atoms with van der Waals surface area (Å²) in [6.45, 7) is 3.11. The molecule has 5 rings (SSSR count). The van der Waals surface area contributed by atoms with Crippen LogP contribution in [0.25, 0.3) is 21.8 Å². The van der Waals surface area contributed by atoms with E-state index in [1.807, 2.05) is 0 Å². The van der Waals surface area contributed by atoms with Crippen LogP contribution >= 0.6 is 0 Å². The van der Waals surface area contributed by atoms with Crippen molar-refractivity contribution in [2.45, 2.75) is 39.2 Å². The number of benzene rings is 2. The Labute approximate surface area is 159 Å². The van der Waals surface area contributed by atoms with Crippen LogP contribution < -0.4 is 5.43 Å². The molecule has 2 saturated carbocycles. The van der Waals surface area contributed by atoms with Crippen molar-refractivity contribution < 1.29 is 4.79 Å². The summed E-state index contributed by atoms with van der Waals surface area (Å²) < 4.78 is 2.34. The number of rotatable bonds is 4. The summed E-state index contributed by atoms with van der Waals surface area (Å²) in [5.74, 6) is 1.54. The van der Waals surface area contributed by atoms with Crippen molar-refractivity contribution in [3.8, 4) is 0 Å². The summed E-state index contributed by atoms with van der Waals surface area (Å²) in [5.41, 5.74) is 6.28. The van der Waals surface area contributed by atoms with E-state index in [0.29, 0.717) is 11.8 Å². The van der Waals surface area contributed by atoms with E-state index in [-0.39, 0.29) is 11.8 Å². The van der Waals surface area contributed by atoms with Crippen molar-refractivity contribution in [3.63, 3.8) is 0 Å². The Bertz CT molecular complexity index is 1040. The van der Waals surface area contributed by atoms with Gasteiger partial charge in [0.25, 0.3) is 0 Å². The first-order valence-electron chi connectivity index (χ1n) is 10.1. The third kappa shape index (κ3) is 2.75. The lowest BCUT2D eigenvalue weighted by atomic mass is 10.0. The molecule has 4 nitrogen and oxygen atoms in total. The third-order valence-corrected chi connectivity index (χ3v) is 6.46. The van der Waals surface area contributed by atoms with Crippen LogP contribution in [0, 0.1) is 17.8 Å². The zero-order chi connectivity index (χ0) is 18.4. The lowest BCUT2D eigenvalue weighted by Gasteiger charge is -2.04. The van der Waals surface area contributed by atoms with Gasteiger partial charge in [-0.1, -0.05) is 37.1 Å². The predicted octanol–water partition coefficient (Wildman–Crippen LogP) is 4.70. The second-order valence-corrected chi connectivity index (χ2v) is 7.91. The SMILES string of the molecule is CCn1c2ccccc2c2cc(/C=N/NC(=O)C3C4CCCCC43)ccc21. The molecule has 0 saturated heterocycles. The van der Waals surface area contributed by atoms with Crippen LogP contribution in [0.4, 0.5) is 0 Å². The predicted molar refractivity (Wildman–Crippen MR) is 110 cm³/mol. The molecule has 0 bridgehead atoms. The van der Waals surface area contributed by atoms with Gasteiger partial charge >= 0.3 is 0 Å². The topological polar surface area (TPSA) is 46.4 Å². The zero-order valence-corrected chi connectivity index (χ0v) is 15.7. The van der Waals surface area contributed by atoms with Crippen molar-refractivity contribution in [3.05, 3.63) is 48.0 Å². The van der Waals surface area contributed by atoms with Crippen LogP contribution in [0.3, 0.4) is 0 Å². The zero-order valence-electron chi connectivity index (χ0n) is 15.7. The number of aromatic nitrogens is 1. The van der Waals surface area contributed by atoms with E-state index in [9.17, 15) is 4.79 Å². The van der Waals surface area contributed by atoms with Crippen molar-refractivity contribution in [1.29, 1.82) is 0 Å². The average molecular weight is 359 g/mol. The molecular weight excluding hydrogens is 334 g/mol. The number of hydrogen-bond donors (Lipinski definition) is 1. The Kier molecular flexibility index (Phi) is 4.00. The molecular formula is C23H25N3O. The second kappa shape index (κ2) is 6.52. The van der Waals surface area contributed by atoms with Gasteiger partial charge < -0.3 is 4.57 Å². The smallest absolute Gasteiger partial charge is 0.243 e. The first kappa shape index (κ1) is 16.5. The number of amides is 1. The van der Waals surface area contributed by atoms with Gasteiger partial charge in [-0.15, -0.1) is 0 Å². The number of nitrogens with zero attached hydrogens (tertiary/aromatic N) is 2. The average Bonchev–Trinajstić information content (AvgIpc) is 3.36. The van der Waals surface area contributed by atoms with Crippen LogP contribution in [-0.2, 0) is 11.3 Å². The molecule has 1 heterocycles. The van der Waals surface area contributed by atoms with E-state index in [1.165, 1.54) is 47.5 Å². The number of para-hydroxylation sites is 1. The highest BCUT2D eigenvalue weighted by molar-refractivity contribution is 6.09. The molecule has 0 radical (unpaired) electrons. The van der Waals surface area contributed by atoms with E-state index in [1.54, 1.807) is 6.21 Å². The Morgan fingerprint density at radius 2 is 1.85 bits per heavy atom. The molecule has 0 spiro atoms. The summed E-state index contributed by atoms with van der Waals surface area (Å²) in [5, 5.41) is 6.74. The van der Waals surface area contributed by atoms with E-state index >= 15 is 0 Å². The molecule has 2 unspecified atom stereocenters. The molecule has 4 heteroatoms. The maximum Gasteiger partial charge on any atom is 0.243 e. The van der Waals surface area contributed by atoms with Crippen LogP contribution in [0.1, 0.15) is 38.2 Å². The highest BCUT2D eigenvalue weighted by Gasteiger charge is 2.54. The van der Waals surface area contributed by atoms with Crippen LogP contribution in [0.2, 0.25) is 0 Å². The molecule has 2 aliphatic rings. The van der Waals surface area contributed by atoms with Crippen molar-refractivity contribution in [2.75, 3.05) is 0 Å². The monoisotopic (exact) mass is 359 g/mol. The standard InChI is InChI=1S/C23H25N3O/c1-2-26-20-10-6-5-7-16(20)19-13-15(11-12-21(19)26)14-24-25-23(27)22-17-8-3-4-9-18(17)22/h5-7,10-14,17-18,22H,2-4,8-9H2,1H3,(H,25,27)/b24-14+. The molecule has 138 valence electrons.